The monoisotopic (exact) mass is 444 g/mol. The van der Waals surface area contributed by atoms with Crippen LogP contribution in [0.3, 0.4) is 0 Å². The Morgan fingerprint density at radius 3 is 2.52 bits per heavy atom. The molecular weight excluding hydrogens is 412 g/mol. The fourth-order valence-electron chi connectivity index (χ4n) is 4.88. The molecule has 1 atom stereocenters. The number of nitrogens with one attached hydrogen (secondary N) is 2. The van der Waals surface area contributed by atoms with E-state index < -0.39 is 5.41 Å². The standard InChI is InChI=1S/C27H32N4O2/c1-4-28-26(33)27(17-22-12-8-9-13-23(22)21-10-6-5-7-11-21)14-15-31(18-27)25(32)16-24-19(2)29-30-20(24)3/h5-13H,4,14-18H2,1-3H3,(H,28,33)(H,29,30)/t27-/m1/s1. The molecule has 1 aliphatic rings. The van der Waals surface area contributed by atoms with Crippen molar-refractivity contribution in [3.8, 4) is 11.1 Å². The van der Waals surface area contributed by atoms with Crippen molar-refractivity contribution in [3.05, 3.63) is 77.1 Å². The van der Waals surface area contributed by atoms with Crippen LogP contribution >= 0.6 is 0 Å². The minimum Gasteiger partial charge on any atom is -0.356 e. The lowest BCUT2D eigenvalue weighted by molar-refractivity contribution is -0.132. The average Bonchev–Trinajstić information content (AvgIpc) is 3.40. The van der Waals surface area contributed by atoms with E-state index in [1.165, 1.54) is 0 Å². The fourth-order valence-corrected chi connectivity index (χ4v) is 4.88. The number of carbonyl (C=O) groups excluding carboxylic acids is 2. The number of amides is 2. The quantitative estimate of drug-likeness (QED) is 0.581. The van der Waals surface area contributed by atoms with E-state index >= 15 is 0 Å². The molecule has 0 spiro atoms. The molecule has 6 nitrogen and oxygen atoms in total. The van der Waals surface area contributed by atoms with Crippen molar-refractivity contribution in [1.29, 1.82) is 0 Å². The molecule has 2 aromatic carbocycles. The molecule has 0 unspecified atom stereocenters. The zero-order valence-electron chi connectivity index (χ0n) is 19.6. The maximum Gasteiger partial charge on any atom is 0.228 e. The van der Waals surface area contributed by atoms with Crippen molar-refractivity contribution in [3.63, 3.8) is 0 Å². The Labute approximate surface area is 195 Å². The van der Waals surface area contributed by atoms with E-state index in [-0.39, 0.29) is 11.8 Å². The van der Waals surface area contributed by atoms with Crippen LogP contribution in [0.2, 0.25) is 0 Å². The number of H-pyrrole nitrogens is 1. The van der Waals surface area contributed by atoms with E-state index in [1.807, 2.05) is 56.0 Å². The van der Waals surface area contributed by atoms with Crippen molar-refractivity contribution >= 4 is 11.8 Å². The van der Waals surface area contributed by atoms with Crippen LogP contribution in [-0.4, -0.2) is 46.5 Å². The van der Waals surface area contributed by atoms with Crippen molar-refractivity contribution in [2.24, 2.45) is 5.41 Å². The van der Waals surface area contributed by atoms with E-state index in [0.29, 0.717) is 38.9 Å². The number of benzene rings is 2. The Morgan fingerprint density at radius 1 is 1.09 bits per heavy atom. The summed E-state index contributed by atoms with van der Waals surface area (Å²) in [6.07, 6.45) is 1.55. The number of aromatic nitrogens is 2. The summed E-state index contributed by atoms with van der Waals surface area (Å²) >= 11 is 0. The van der Waals surface area contributed by atoms with Gasteiger partial charge in [-0.1, -0.05) is 54.6 Å². The van der Waals surface area contributed by atoms with Gasteiger partial charge < -0.3 is 10.2 Å². The van der Waals surface area contributed by atoms with Crippen molar-refractivity contribution in [2.75, 3.05) is 19.6 Å². The van der Waals surface area contributed by atoms with Gasteiger partial charge in [0.05, 0.1) is 17.5 Å². The molecule has 1 aromatic heterocycles. The molecule has 1 aliphatic heterocycles. The van der Waals surface area contributed by atoms with E-state index in [9.17, 15) is 9.59 Å². The first-order chi connectivity index (χ1) is 15.9. The van der Waals surface area contributed by atoms with Gasteiger partial charge in [0.1, 0.15) is 0 Å². The van der Waals surface area contributed by atoms with Crippen LogP contribution < -0.4 is 5.32 Å². The number of nitrogens with zero attached hydrogens (tertiary/aromatic N) is 2. The van der Waals surface area contributed by atoms with Crippen LogP contribution in [0.4, 0.5) is 0 Å². The van der Waals surface area contributed by atoms with Gasteiger partial charge in [0.2, 0.25) is 11.8 Å². The van der Waals surface area contributed by atoms with E-state index in [2.05, 4.69) is 39.8 Å². The van der Waals surface area contributed by atoms with Gasteiger partial charge >= 0.3 is 0 Å². The zero-order chi connectivity index (χ0) is 23.4. The van der Waals surface area contributed by atoms with Crippen LogP contribution in [0, 0.1) is 19.3 Å². The van der Waals surface area contributed by atoms with E-state index in [1.54, 1.807) is 0 Å². The molecule has 0 saturated carbocycles. The zero-order valence-corrected chi connectivity index (χ0v) is 19.6. The molecule has 2 amide bonds. The lowest BCUT2D eigenvalue weighted by Crippen LogP contribution is -2.45. The molecule has 0 radical (unpaired) electrons. The highest BCUT2D eigenvalue weighted by Gasteiger charge is 2.46. The number of carbonyl (C=O) groups is 2. The predicted octanol–water partition coefficient (Wildman–Crippen LogP) is 3.83. The van der Waals surface area contributed by atoms with Crippen molar-refractivity contribution < 1.29 is 9.59 Å². The molecule has 6 heteroatoms. The van der Waals surface area contributed by atoms with Crippen molar-refractivity contribution in [1.82, 2.24) is 20.4 Å². The molecular formula is C27H32N4O2. The number of aryl methyl sites for hydroxylation is 2. The first kappa shape index (κ1) is 22.8. The van der Waals surface area contributed by atoms with Crippen LogP contribution in [0.25, 0.3) is 11.1 Å². The van der Waals surface area contributed by atoms with E-state index in [4.69, 9.17) is 0 Å². The van der Waals surface area contributed by atoms with Gasteiger partial charge in [0.15, 0.2) is 0 Å². The summed E-state index contributed by atoms with van der Waals surface area (Å²) in [7, 11) is 0. The fraction of sp³-hybridized carbons (Fsp3) is 0.370. The smallest absolute Gasteiger partial charge is 0.228 e. The third kappa shape index (κ3) is 4.70. The molecule has 0 aliphatic carbocycles. The summed E-state index contributed by atoms with van der Waals surface area (Å²) in [6.45, 7) is 7.37. The third-order valence-corrected chi connectivity index (χ3v) is 6.77. The van der Waals surface area contributed by atoms with Gasteiger partial charge in [0.25, 0.3) is 0 Å². The number of rotatable bonds is 7. The van der Waals surface area contributed by atoms with Crippen LogP contribution in [0.15, 0.2) is 54.6 Å². The Balaban J connectivity index is 1.60. The summed E-state index contributed by atoms with van der Waals surface area (Å²) < 4.78 is 0. The Hall–Kier alpha value is -3.41. The molecule has 1 saturated heterocycles. The molecule has 0 bridgehead atoms. The molecule has 3 aromatic rings. The first-order valence-electron chi connectivity index (χ1n) is 11.6. The van der Waals surface area contributed by atoms with Gasteiger partial charge in [0, 0.05) is 30.9 Å². The minimum atomic E-state index is -0.642. The lowest BCUT2D eigenvalue weighted by atomic mass is 9.78. The molecule has 1 fully saturated rings. The van der Waals surface area contributed by atoms with Crippen molar-refractivity contribution in [2.45, 2.75) is 40.0 Å². The summed E-state index contributed by atoms with van der Waals surface area (Å²) in [5.41, 5.74) is 5.48. The summed E-state index contributed by atoms with van der Waals surface area (Å²) in [6, 6.07) is 18.5. The Bertz CT molecular complexity index is 1120. The largest absolute Gasteiger partial charge is 0.356 e. The maximum absolute atomic E-state index is 13.3. The Morgan fingerprint density at radius 2 is 1.82 bits per heavy atom. The predicted molar refractivity (Wildman–Crippen MR) is 130 cm³/mol. The summed E-state index contributed by atoms with van der Waals surface area (Å²) in [5.74, 6) is 0.0731. The van der Waals surface area contributed by atoms with Gasteiger partial charge in [-0.2, -0.15) is 5.10 Å². The summed E-state index contributed by atoms with van der Waals surface area (Å²) in [4.78, 5) is 28.4. The van der Waals surface area contributed by atoms with Crippen LogP contribution in [-0.2, 0) is 22.4 Å². The van der Waals surface area contributed by atoms with Gasteiger partial charge in [-0.25, -0.2) is 0 Å². The normalized spacial score (nSPS) is 17.8. The number of likely N-dealkylation sites (tertiary alicyclic amines) is 1. The number of hydrogen-bond acceptors (Lipinski definition) is 3. The lowest BCUT2D eigenvalue weighted by Gasteiger charge is -2.29. The first-order valence-corrected chi connectivity index (χ1v) is 11.6. The molecule has 33 heavy (non-hydrogen) atoms. The molecule has 4 rings (SSSR count). The second-order valence-corrected chi connectivity index (χ2v) is 8.99. The van der Waals surface area contributed by atoms with Gasteiger partial charge in [-0.15, -0.1) is 0 Å². The highest BCUT2D eigenvalue weighted by molar-refractivity contribution is 5.86. The average molecular weight is 445 g/mol. The third-order valence-electron chi connectivity index (χ3n) is 6.77. The minimum absolute atomic E-state index is 0.0267. The number of hydrogen-bond donors (Lipinski definition) is 2. The SMILES string of the molecule is CCNC(=O)[C@@]1(Cc2ccccc2-c2ccccc2)CCN(C(=O)Cc2c(C)n[nH]c2C)C1. The molecule has 172 valence electrons. The number of aromatic amines is 1. The topological polar surface area (TPSA) is 78.1 Å². The van der Waals surface area contributed by atoms with Gasteiger partial charge in [-0.05, 0) is 50.3 Å². The highest BCUT2D eigenvalue weighted by atomic mass is 16.2. The van der Waals surface area contributed by atoms with Crippen LogP contribution in [0.1, 0.15) is 35.9 Å². The van der Waals surface area contributed by atoms with E-state index in [0.717, 1.165) is 33.6 Å². The highest BCUT2D eigenvalue weighted by Crippen LogP contribution is 2.38. The Kier molecular flexibility index (Phi) is 6.63. The molecule has 2 heterocycles. The summed E-state index contributed by atoms with van der Waals surface area (Å²) in [5, 5.41) is 10.2. The molecule has 2 N–H and O–H groups in total. The van der Waals surface area contributed by atoms with Crippen LogP contribution in [0.5, 0.6) is 0 Å². The maximum atomic E-state index is 13.3. The second kappa shape index (κ2) is 9.61. The van der Waals surface area contributed by atoms with Gasteiger partial charge in [-0.3, -0.25) is 14.7 Å². The second-order valence-electron chi connectivity index (χ2n) is 8.99.